The molecule has 0 saturated carbocycles. The van der Waals surface area contributed by atoms with Crippen molar-refractivity contribution in [2.24, 2.45) is 0 Å². The fraction of sp³-hybridized carbons (Fsp3) is 0.600. The van der Waals surface area contributed by atoms with Gasteiger partial charge in [0.05, 0.1) is 12.6 Å². The molecule has 1 aliphatic heterocycles. The van der Waals surface area contributed by atoms with Crippen LogP contribution >= 0.6 is 0 Å². The molecular weight excluding hydrogens is 270 g/mol. The lowest BCUT2D eigenvalue weighted by Gasteiger charge is -2.27. The molecule has 0 spiro atoms. The molecule has 21 heavy (non-hydrogen) atoms. The monoisotopic (exact) mass is 293 g/mol. The molecule has 6 heteroatoms. The van der Waals surface area contributed by atoms with Crippen molar-refractivity contribution in [2.75, 3.05) is 18.9 Å². The number of carbonyl (C=O) groups is 1. The van der Waals surface area contributed by atoms with Crippen LogP contribution in [0.15, 0.2) is 18.3 Å². The van der Waals surface area contributed by atoms with E-state index < -0.39 is 5.60 Å². The summed E-state index contributed by atoms with van der Waals surface area (Å²) in [4.78, 5) is 17.9. The Kier molecular flexibility index (Phi) is 4.37. The lowest BCUT2D eigenvalue weighted by Crippen LogP contribution is -2.41. The first kappa shape index (κ1) is 15.6. The Morgan fingerprint density at radius 2 is 2.24 bits per heavy atom. The number of nitrogens with zero attached hydrogens (tertiary/aromatic N) is 2. The van der Waals surface area contributed by atoms with Gasteiger partial charge >= 0.3 is 6.09 Å². The van der Waals surface area contributed by atoms with Gasteiger partial charge in [0, 0.05) is 18.7 Å². The lowest BCUT2D eigenvalue weighted by molar-refractivity contribution is 0.0174. The molecule has 1 amide bonds. The summed E-state index contributed by atoms with van der Waals surface area (Å²) in [7, 11) is 0. The van der Waals surface area contributed by atoms with Crippen molar-refractivity contribution in [3.63, 3.8) is 0 Å². The second-order valence-electron chi connectivity index (χ2n) is 6.42. The molecule has 0 aliphatic carbocycles. The van der Waals surface area contributed by atoms with Crippen LogP contribution in [0, 0.1) is 0 Å². The number of amides is 1. The van der Waals surface area contributed by atoms with Crippen LogP contribution in [0.25, 0.3) is 0 Å². The molecule has 116 valence electrons. The Labute approximate surface area is 124 Å². The topological polar surface area (TPSA) is 88.7 Å². The summed E-state index contributed by atoms with van der Waals surface area (Å²) in [5.41, 5.74) is 6.07. The molecule has 1 saturated heterocycles. The number of pyridine rings is 1. The zero-order valence-electron chi connectivity index (χ0n) is 12.7. The highest BCUT2D eigenvalue weighted by Crippen LogP contribution is 2.32. The summed E-state index contributed by atoms with van der Waals surface area (Å²) in [6, 6.07) is 3.45. The van der Waals surface area contributed by atoms with Gasteiger partial charge in [-0.15, -0.1) is 0 Å². The summed E-state index contributed by atoms with van der Waals surface area (Å²) in [6.07, 6.45) is 2.04. The largest absolute Gasteiger partial charge is 0.444 e. The average molecular weight is 293 g/mol. The standard InChI is InChI=1S/C15H23N3O3/c1-15(2,3)21-14(20)18-8-11(6-12(18)9-19)10-4-5-13(16)17-7-10/h4-5,7,11-12,19H,6,8-9H2,1-3H3,(H2,16,17). The van der Waals surface area contributed by atoms with Crippen molar-refractivity contribution in [3.05, 3.63) is 23.9 Å². The van der Waals surface area contributed by atoms with Crippen molar-refractivity contribution >= 4 is 11.9 Å². The number of nitrogens with two attached hydrogens (primary N) is 1. The third kappa shape index (κ3) is 3.85. The maximum Gasteiger partial charge on any atom is 0.410 e. The smallest absolute Gasteiger partial charge is 0.410 e. The van der Waals surface area contributed by atoms with E-state index in [1.165, 1.54) is 0 Å². The maximum atomic E-state index is 12.2. The van der Waals surface area contributed by atoms with Crippen molar-refractivity contribution in [3.8, 4) is 0 Å². The van der Waals surface area contributed by atoms with Crippen molar-refractivity contribution in [1.29, 1.82) is 0 Å². The predicted octanol–water partition coefficient (Wildman–Crippen LogP) is 1.75. The van der Waals surface area contributed by atoms with Gasteiger partial charge in [-0.3, -0.25) is 0 Å². The molecule has 0 aromatic carbocycles. The first-order chi connectivity index (χ1) is 9.80. The molecule has 2 heterocycles. The van der Waals surface area contributed by atoms with E-state index in [4.69, 9.17) is 10.5 Å². The molecule has 1 aromatic heterocycles. The van der Waals surface area contributed by atoms with Crippen LogP contribution in [0.4, 0.5) is 10.6 Å². The number of carbonyl (C=O) groups excluding carboxylic acids is 1. The van der Waals surface area contributed by atoms with E-state index in [0.717, 1.165) is 5.56 Å². The number of rotatable bonds is 2. The second kappa shape index (κ2) is 5.89. The van der Waals surface area contributed by atoms with Crippen LogP contribution in [0.1, 0.15) is 38.7 Å². The number of hydrogen-bond donors (Lipinski definition) is 2. The molecule has 0 radical (unpaired) electrons. The van der Waals surface area contributed by atoms with Crippen LogP contribution in [0.2, 0.25) is 0 Å². The molecule has 2 atom stereocenters. The summed E-state index contributed by atoms with van der Waals surface area (Å²) >= 11 is 0. The van der Waals surface area contributed by atoms with Crippen LogP contribution in [0.5, 0.6) is 0 Å². The lowest BCUT2D eigenvalue weighted by atomic mass is 9.98. The van der Waals surface area contributed by atoms with Gasteiger partial charge in [0.1, 0.15) is 11.4 Å². The van der Waals surface area contributed by atoms with Gasteiger partial charge in [0.2, 0.25) is 0 Å². The van der Waals surface area contributed by atoms with E-state index in [1.807, 2.05) is 26.8 Å². The average Bonchev–Trinajstić information content (AvgIpc) is 2.82. The minimum atomic E-state index is -0.544. The SMILES string of the molecule is CC(C)(C)OC(=O)N1CC(c2ccc(N)nc2)CC1CO. The number of nitrogen functional groups attached to an aromatic ring is 1. The van der Waals surface area contributed by atoms with Crippen LogP contribution in [0.3, 0.4) is 0 Å². The summed E-state index contributed by atoms with van der Waals surface area (Å²) in [5.74, 6) is 0.613. The van der Waals surface area contributed by atoms with E-state index in [-0.39, 0.29) is 24.7 Å². The minimum absolute atomic E-state index is 0.0713. The van der Waals surface area contributed by atoms with Crippen molar-refractivity contribution in [1.82, 2.24) is 9.88 Å². The normalized spacial score (nSPS) is 22.4. The predicted molar refractivity (Wildman–Crippen MR) is 79.8 cm³/mol. The Bertz CT molecular complexity index is 496. The van der Waals surface area contributed by atoms with Crippen LogP contribution in [-0.2, 0) is 4.74 Å². The molecule has 0 bridgehead atoms. The van der Waals surface area contributed by atoms with Crippen LogP contribution in [-0.4, -0.2) is 45.9 Å². The molecule has 2 unspecified atom stereocenters. The Balaban J connectivity index is 2.10. The summed E-state index contributed by atoms with van der Waals surface area (Å²) in [5, 5.41) is 9.51. The number of likely N-dealkylation sites (tertiary alicyclic amines) is 1. The van der Waals surface area contributed by atoms with E-state index >= 15 is 0 Å². The molecule has 1 aromatic rings. The van der Waals surface area contributed by atoms with Gasteiger partial charge in [0.15, 0.2) is 0 Å². The molecule has 1 fully saturated rings. The summed E-state index contributed by atoms with van der Waals surface area (Å²) < 4.78 is 5.40. The van der Waals surface area contributed by atoms with Gasteiger partial charge in [-0.2, -0.15) is 0 Å². The quantitative estimate of drug-likeness (QED) is 0.867. The number of hydrogen-bond acceptors (Lipinski definition) is 5. The summed E-state index contributed by atoms with van der Waals surface area (Å²) in [6.45, 7) is 5.94. The van der Waals surface area contributed by atoms with Gasteiger partial charge in [-0.1, -0.05) is 6.07 Å². The van der Waals surface area contributed by atoms with Gasteiger partial charge in [0.25, 0.3) is 0 Å². The fourth-order valence-corrected chi connectivity index (χ4v) is 2.53. The molecule has 6 nitrogen and oxygen atoms in total. The zero-order chi connectivity index (χ0) is 15.6. The first-order valence-corrected chi connectivity index (χ1v) is 7.12. The Hall–Kier alpha value is -1.82. The number of aromatic nitrogens is 1. The number of aliphatic hydroxyl groups is 1. The Morgan fingerprint density at radius 1 is 1.52 bits per heavy atom. The fourth-order valence-electron chi connectivity index (χ4n) is 2.53. The third-order valence-electron chi connectivity index (χ3n) is 3.53. The van der Waals surface area contributed by atoms with Crippen molar-refractivity contribution in [2.45, 2.75) is 44.8 Å². The number of aliphatic hydroxyl groups excluding tert-OH is 1. The van der Waals surface area contributed by atoms with Crippen LogP contribution < -0.4 is 5.73 Å². The highest BCUT2D eigenvalue weighted by atomic mass is 16.6. The second-order valence-corrected chi connectivity index (χ2v) is 6.42. The van der Waals surface area contributed by atoms with E-state index in [1.54, 1.807) is 17.2 Å². The number of ether oxygens (including phenoxy) is 1. The highest BCUT2D eigenvalue weighted by Gasteiger charge is 2.37. The zero-order valence-corrected chi connectivity index (χ0v) is 12.7. The minimum Gasteiger partial charge on any atom is -0.444 e. The number of anilines is 1. The molecule has 3 N–H and O–H groups in total. The molecule has 2 rings (SSSR count). The molecular formula is C15H23N3O3. The first-order valence-electron chi connectivity index (χ1n) is 7.12. The molecule has 1 aliphatic rings. The van der Waals surface area contributed by atoms with E-state index in [2.05, 4.69) is 4.98 Å². The van der Waals surface area contributed by atoms with E-state index in [0.29, 0.717) is 18.8 Å². The van der Waals surface area contributed by atoms with Gasteiger partial charge in [-0.25, -0.2) is 9.78 Å². The van der Waals surface area contributed by atoms with E-state index in [9.17, 15) is 9.90 Å². The van der Waals surface area contributed by atoms with Gasteiger partial charge in [-0.05, 0) is 38.8 Å². The third-order valence-corrected chi connectivity index (χ3v) is 3.53. The highest BCUT2D eigenvalue weighted by molar-refractivity contribution is 5.69. The maximum absolute atomic E-state index is 12.2. The Morgan fingerprint density at radius 3 is 2.76 bits per heavy atom. The van der Waals surface area contributed by atoms with Crippen molar-refractivity contribution < 1.29 is 14.6 Å². The van der Waals surface area contributed by atoms with Gasteiger partial charge < -0.3 is 20.5 Å².